The number of nitrogens with zero attached hydrogens (tertiary/aromatic N) is 2. The second kappa shape index (κ2) is 7.51. The predicted octanol–water partition coefficient (Wildman–Crippen LogP) is 2.17. The van der Waals surface area contributed by atoms with Crippen molar-refractivity contribution in [3.05, 3.63) is 0 Å². The van der Waals surface area contributed by atoms with Gasteiger partial charge in [0.15, 0.2) is 0 Å². The summed E-state index contributed by atoms with van der Waals surface area (Å²) in [6.07, 6.45) is 4.94. The monoisotopic (exact) mass is 204 g/mol. The zero-order chi connectivity index (χ0) is 10.3. The van der Waals surface area contributed by atoms with Crippen molar-refractivity contribution in [2.24, 2.45) is 4.36 Å². The maximum Gasteiger partial charge on any atom is 0.0346 e. The Morgan fingerprint density at radius 1 is 1.23 bits per heavy atom. The Bertz CT molecular complexity index is 149. The minimum Gasteiger partial charge on any atom is -0.306 e. The molecule has 1 atom stereocenters. The van der Waals surface area contributed by atoms with Crippen LogP contribution < -0.4 is 0 Å². The summed E-state index contributed by atoms with van der Waals surface area (Å²) in [7, 11) is 4.47. The average Bonchev–Trinajstić information content (AvgIpc) is 2.21. The average molecular weight is 204 g/mol. The zero-order valence-electron chi connectivity index (χ0n) is 9.71. The van der Waals surface area contributed by atoms with Crippen LogP contribution in [0.3, 0.4) is 0 Å². The topological polar surface area (TPSA) is 15.6 Å². The first-order valence-electron chi connectivity index (χ1n) is 5.17. The number of hydrogen-bond donors (Lipinski definition) is 0. The third kappa shape index (κ3) is 4.77. The molecule has 1 saturated heterocycles. The van der Waals surface area contributed by atoms with Gasteiger partial charge in [-0.15, -0.1) is 10.7 Å². The van der Waals surface area contributed by atoms with E-state index in [0.717, 1.165) is 5.25 Å². The van der Waals surface area contributed by atoms with Gasteiger partial charge in [0.05, 0.1) is 0 Å². The Morgan fingerprint density at radius 2 is 1.69 bits per heavy atom. The molecule has 0 aliphatic carbocycles. The summed E-state index contributed by atoms with van der Waals surface area (Å²) >= 11 is 0. The van der Waals surface area contributed by atoms with Crippen LogP contribution in [0.5, 0.6) is 0 Å². The van der Waals surface area contributed by atoms with Crippen molar-refractivity contribution >= 4 is 10.7 Å². The van der Waals surface area contributed by atoms with Gasteiger partial charge in [-0.05, 0) is 39.2 Å². The molecular formula is C10H24N2S. The Kier molecular flexibility index (Phi) is 7.57. The lowest BCUT2D eigenvalue weighted by molar-refractivity contribution is 0.281. The zero-order valence-corrected chi connectivity index (χ0v) is 10.5. The summed E-state index contributed by atoms with van der Waals surface area (Å²) in [4.78, 5) is 2.41. The molecule has 13 heavy (non-hydrogen) atoms. The molecule has 3 heteroatoms. The van der Waals surface area contributed by atoms with Crippen molar-refractivity contribution in [1.29, 1.82) is 0 Å². The predicted molar refractivity (Wildman–Crippen MR) is 63.5 cm³/mol. The molecule has 1 fully saturated rings. The van der Waals surface area contributed by atoms with E-state index in [0.29, 0.717) is 10.7 Å². The first kappa shape index (κ1) is 13.1. The van der Waals surface area contributed by atoms with Gasteiger partial charge in [-0.2, -0.15) is 0 Å². The van der Waals surface area contributed by atoms with E-state index in [1.165, 1.54) is 25.9 Å². The molecule has 0 aromatic carbocycles. The molecule has 80 valence electrons. The van der Waals surface area contributed by atoms with Crippen molar-refractivity contribution < 1.29 is 0 Å². The Morgan fingerprint density at radius 3 is 2.08 bits per heavy atom. The molecular weight excluding hydrogens is 180 g/mol. The Hall–Kier alpha value is 0.110. The highest BCUT2D eigenvalue weighted by molar-refractivity contribution is 7.87. The van der Waals surface area contributed by atoms with Crippen LogP contribution in [0.4, 0.5) is 0 Å². The molecule has 1 heterocycles. The van der Waals surface area contributed by atoms with Gasteiger partial charge in [-0.25, -0.2) is 0 Å². The molecule has 0 N–H and O–H groups in total. The summed E-state index contributed by atoms with van der Waals surface area (Å²) in [5.74, 6) is 0. The molecule has 0 aromatic rings. The van der Waals surface area contributed by atoms with Gasteiger partial charge >= 0.3 is 0 Å². The minimum absolute atomic E-state index is 0.320. The smallest absolute Gasteiger partial charge is 0.0346 e. The minimum atomic E-state index is 0.320. The Labute approximate surface area is 85.8 Å². The highest BCUT2D eigenvalue weighted by Crippen LogP contribution is 2.14. The summed E-state index contributed by atoms with van der Waals surface area (Å²) < 4.78 is 4.35. The molecule has 1 rings (SSSR count). The highest BCUT2D eigenvalue weighted by atomic mass is 32.2. The maximum atomic E-state index is 4.35. The molecule has 0 bridgehead atoms. The van der Waals surface area contributed by atoms with Crippen molar-refractivity contribution in [2.45, 2.75) is 31.9 Å². The lowest BCUT2D eigenvalue weighted by Crippen LogP contribution is -2.34. The van der Waals surface area contributed by atoms with Crippen LogP contribution in [-0.2, 0) is 10.7 Å². The van der Waals surface area contributed by atoms with Gasteiger partial charge in [0.25, 0.3) is 0 Å². The third-order valence-electron chi connectivity index (χ3n) is 2.44. The lowest BCUT2D eigenvalue weighted by atomic mass is 10.1. The van der Waals surface area contributed by atoms with Crippen LogP contribution in [0.2, 0.25) is 0 Å². The Balaban J connectivity index is 0.000000671. The number of likely N-dealkylation sites (tertiary alicyclic amines) is 1. The van der Waals surface area contributed by atoms with Gasteiger partial charge in [0, 0.05) is 12.3 Å². The van der Waals surface area contributed by atoms with E-state index in [9.17, 15) is 0 Å². The number of hydrogen-bond acceptors (Lipinski definition) is 2. The molecule has 2 nitrogen and oxygen atoms in total. The van der Waals surface area contributed by atoms with E-state index in [4.69, 9.17) is 0 Å². The molecule has 1 aliphatic heterocycles. The van der Waals surface area contributed by atoms with E-state index in [1.807, 2.05) is 20.9 Å². The van der Waals surface area contributed by atoms with Gasteiger partial charge < -0.3 is 4.90 Å². The van der Waals surface area contributed by atoms with Crippen LogP contribution in [0.15, 0.2) is 4.36 Å². The van der Waals surface area contributed by atoms with E-state index in [2.05, 4.69) is 22.6 Å². The van der Waals surface area contributed by atoms with Crippen molar-refractivity contribution in [2.75, 3.05) is 33.4 Å². The number of rotatable bonds is 1. The van der Waals surface area contributed by atoms with Crippen LogP contribution >= 0.6 is 0 Å². The van der Waals surface area contributed by atoms with Gasteiger partial charge in [0.2, 0.25) is 0 Å². The summed E-state index contributed by atoms with van der Waals surface area (Å²) in [6.45, 7) is 6.52. The summed E-state index contributed by atoms with van der Waals surface area (Å²) in [5, 5.41) is 0.871. The standard InChI is InChI=1S/C8H18N2S.C2H6/c1-9-11(3)8-4-6-10(2)7-5-8;1-2/h8H,4-7H2,1-3H3;1-2H3. The first-order chi connectivity index (χ1) is 6.24. The molecule has 0 amide bonds. The second-order valence-electron chi connectivity index (χ2n) is 3.21. The van der Waals surface area contributed by atoms with E-state index < -0.39 is 0 Å². The van der Waals surface area contributed by atoms with E-state index in [1.54, 1.807) is 0 Å². The van der Waals surface area contributed by atoms with Crippen molar-refractivity contribution in [1.82, 2.24) is 4.90 Å². The SMILES string of the molecule is CC.CN=S(C)C1CCN(C)CC1. The molecule has 1 unspecified atom stereocenters. The molecule has 0 aromatic heterocycles. The van der Waals surface area contributed by atoms with E-state index in [-0.39, 0.29) is 0 Å². The molecule has 0 saturated carbocycles. The van der Waals surface area contributed by atoms with Crippen LogP contribution in [0.25, 0.3) is 0 Å². The quantitative estimate of drug-likeness (QED) is 0.639. The summed E-state index contributed by atoms with van der Waals surface area (Å²) in [6, 6.07) is 0. The van der Waals surface area contributed by atoms with Gasteiger partial charge in [-0.1, -0.05) is 13.8 Å². The van der Waals surface area contributed by atoms with Crippen molar-refractivity contribution in [3.8, 4) is 0 Å². The normalized spacial score (nSPS) is 22.2. The maximum absolute atomic E-state index is 4.35. The first-order valence-corrected chi connectivity index (χ1v) is 6.82. The second-order valence-corrected chi connectivity index (χ2v) is 5.29. The summed E-state index contributed by atoms with van der Waals surface area (Å²) in [5.41, 5.74) is 0. The van der Waals surface area contributed by atoms with E-state index >= 15 is 0 Å². The van der Waals surface area contributed by atoms with Gasteiger partial charge in [0.1, 0.15) is 0 Å². The fourth-order valence-corrected chi connectivity index (χ4v) is 2.67. The van der Waals surface area contributed by atoms with Gasteiger partial charge in [-0.3, -0.25) is 4.36 Å². The lowest BCUT2D eigenvalue weighted by Gasteiger charge is -2.29. The highest BCUT2D eigenvalue weighted by Gasteiger charge is 2.17. The largest absolute Gasteiger partial charge is 0.306 e. The van der Waals surface area contributed by atoms with Crippen molar-refractivity contribution in [3.63, 3.8) is 0 Å². The fraction of sp³-hybridized carbons (Fsp3) is 1.00. The van der Waals surface area contributed by atoms with Crippen LogP contribution in [-0.4, -0.2) is 43.6 Å². The molecule has 0 spiro atoms. The van der Waals surface area contributed by atoms with Crippen LogP contribution in [0, 0.1) is 0 Å². The van der Waals surface area contributed by atoms with Crippen LogP contribution in [0.1, 0.15) is 26.7 Å². The fourth-order valence-electron chi connectivity index (χ4n) is 1.48. The third-order valence-corrected chi connectivity index (χ3v) is 4.45. The molecule has 0 radical (unpaired) electrons. The number of piperidine rings is 1. The molecule has 1 aliphatic rings.